The van der Waals surface area contributed by atoms with Crippen LogP contribution in [-0.4, -0.2) is 35.0 Å². The minimum absolute atomic E-state index is 0.0296. The number of hydrogen-bond donors (Lipinski definition) is 1. The molecular formula is C17H21N3O3. The first-order chi connectivity index (χ1) is 11.0. The van der Waals surface area contributed by atoms with Crippen molar-refractivity contribution >= 4 is 17.6 Å². The zero-order chi connectivity index (χ0) is 16.8. The van der Waals surface area contributed by atoms with Gasteiger partial charge in [0.15, 0.2) is 5.82 Å². The molecule has 0 spiro atoms. The molecule has 1 heterocycles. The van der Waals surface area contributed by atoms with Gasteiger partial charge in [-0.25, -0.2) is 0 Å². The molecular weight excluding hydrogens is 294 g/mol. The molecule has 2 aromatic rings. The molecule has 2 rings (SSSR count). The van der Waals surface area contributed by atoms with Crippen LogP contribution in [0.25, 0.3) is 0 Å². The Morgan fingerprint density at radius 2 is 2.00 bits per heavy atom. The SMILES string of the molecule is Cc1ccccc1C(=O)N(CC(=O)Nc1ccon1)CC(C)C. The van der Waals surface area contributed by atoms with Gasteiger partial charge in [0.1, 0.15) is 12.8 Å². The predicted molar refractivity (Wildman–Crippen MR) is 87.1 cm³/mol. The molecule has 0 unspecified atom stereocenters. The van der Waals surface area contributed by atoms with Gasteiger partial charge >= 0.3 is 0 Å². The number of nitrogens with one attached hydrogen (secondary N) is 1. The van der Waals surface area contributed by atoms with Crippen LogP contribution in [0.5, 0.6) is 0 Å². The van der Waals surface area contributed by atoms with E-state index in [1.807, 2.05) is 39.0 Å². The molecule has 0 saturated heterocycles. The topological polar surface area (TPSA) is 75.4 Å². The zero-order valence-corrected chi connectivity index (χ0v) is 13.6. The third kappa shape index (κ3) is 4.67. The van der Waals surface area contributed by atoms with E-state index in [0.717, 1.165) is 5.56 Å². The lowest BCUT2D eigenvalue weighted by Crippen LogP contribution is -2.40. The van der Waals surface area contributed by atoms with Crippen LogP contribution in [0, 0.1) is 12.8 Å². The van der Waals surface area contributed by atoms with Crippen LogP contribution < -0.4 is 5.32 Å². The number of rotatable bonds is 6. The van der Waals surface area contributed by atoms with Crippen molar-refractivity contribution in [3.8, 4) is 0 Å². The van der Waals surface area contributed by atoms with Gasteiger partial charge in [-0.15, -0.1) is 0 Å². The summed E-state index contributed by atoms with van der Waals surface area (Å²) in [6.07, 6.45) is 1.37. The number of nitrogens with zero attached hydrogens (tertiary/aromatic N) is 2. The number of aromatic nitrogens is 1. The first-order valence-corrected chi connectivity index (χ1v) is 7.52. The van der Waals surface area contributed by atoms with Gasteiger partial charge < -0.3 is 14.7 Å². The van der Waals surface area contributed by atoms with E-state index in [-0.39, 0.29) is 24.3 Å². The lowest BCUT2D eigenvalue weighted by molar-refractivity contribution is -0.117. The van der Waals surface area contributed by atoms with Crippen LogP contribution in [0.4, 0.5) is 5.82 Å². The Labute approximate surface area is 135 Å². The zero-order valence-electron chi connectivity index (χ0n) is 13.6. The fourth-order valence-electron chi connectivity index (χ4n) is 2.28. The van der Waals surface area contributed by atoms with Crippen molar-refractivity contribution in [2.75, 3.05) is 18.4 Å². The summed E-state index contributed by atoms with van der Waals surface area (Å²) in [5, 5.41) is 6.24. The van der Waals surface area contributed by atoms with Crippen molar-refractivity contribution in [3.05, 3.63) is 47.7 Å². The van der Waals surface area contributed by atoms with Gasteiger partial charge in [0.05, 0.1) is 0 Å². The number of anilines is 1. The van der Waals surface area contributed by atoms with E-state index in [9.17, 15) is 9.59 Å². The minimum atomic E-state index is -0.304. The highest BCUT2D eigenvalue weighted by Gasteiger charge is 2.21. The predicted octanol–water partition coefficient (Wildman–Crippen LogP) is 2.72. The lowest BCUT2D eigenvalue weighted by Gasteiger charge is -2.24. The molecule has 0 aliphatic heterocycles. The highest BCUT2D eigenvalue weighted by atomic mass is 16.5. The van der Waals surface area contributed by atoms with Crippen molar-refractivity contribution in [1.29, 1.82) is 0 Å². The quantitative estimate of drug-likeness (QED) is 0.889. The van der Waals surface area contributed by atoms with Crippen molar-refractivity contribution in [2.24, 2.45) is 5.92 Å². The first kappa shape index (κ1) is 16.7. The Morgan fingerprint density at radius 3 is 2.61 bits per heavy atom. The van der Waals surface area contributed by atoms with E-state index in [1.165, 1.54) is 6.26 Å². The van der Waals surface area contributed by atoms with Crippen LogP contribution >= 0.6 is 0 Å². The van der Waals surface area contributed by atoms with Crippen molar-refractivity contribution < 1.29 is 14.1 Å². The molecule has 0 bridgehead atoms. The second kappa shape index (κ2) is 7.58. The normalized spacial score (nSPS) is 10.6. The minimum Gasteiger partial charge on any atom is -0.363 e. The number of aryl methyl sites for hydroxylation is 1. The number of amides is 2. The van der Waals surface area contributed by atoms with Gasteiger partial charge in [0, 0.05) is 18.2 Å². The second-order valence-corrected chi connectivity index (χ2v) is 5.83. The summed E-state index contributed by atoms with van der Waals surface area (Å²) in [6, 6.07) is 8.92. The molecule has 6 nitrogen and oxygen atoms in total. The van der Waals surface area contributed by atoms with E-state index in [1.54, 1.807) is 17.0 Å². The number of carbonyl (C=O) groups excluding carboxylic acids is 2. The summed E-state index contributed by atoms with van der Waals surface area (Å²) in [5.74, 6) is 0.138. The third-order valence-electron chi connectivity index (χ3n) is 3.29. The van der Waals surface area contributed by atoms with E-state index in [2.05, 4.69) is 15.0 Å². The molecule has 0 aliphatic rings. The van der Waals surface area contributed by atoms with Gasteiger partial charge in [-0.05, 0) is 24.5 Å². The molecule has 0 radical (unpaired) electrons. The van der Waals surface area contributed by atoms with Crippen LogP contribution in [0.1, 0.15) is 29.8 Å². The lowest BCUT2D eigenvalue weighted by atomic mass is 10.1. The standard InChI is InChI=1S/C17H21N3O3/c1-12(2)10-20(11-16(21)18-15-8-9-23-19-15)17(22)14-7-5-4-6-13(14)3/h4-9,12H,10-11H2,1-3H3,(H,18,19,21). The van der Waals surface area contributed by atoms with E-state index in [0.29, 0.717) is 17.9 Å². The Hall–Kier alpha value is -2.63. The second-order valence-electron chi connectivity index (χ2n) is 5.83. The van der Waals surface area contributed by atoms with Crippen molar-refractivity contribution in [2.45, 2.75) is 20.8 Å². The van der Waals surface area contributed by atoms with E-state index in [4.69, 9.17) is 0 Å². The highest BCUT2D eigenvalue weighted by molar-refractivity contribution is 5.99. The van der Waals surface area contributed by atoms with Crippen LogP contribution in [0.2, 0.25) is 0 Å². The summed E-state index contributed by atoms with van der Waals surface area (Å²) in [5.41, 5.74) is 1.51. The largest absolute Gasteiger partial charge is 0.363 e. The van der Waals surface area contributed by atoms with Gasteiger partial charge in [0.25, 0.3) is 5.91 Å². The maximum Gasteiger partial charge on any atom is 0.254 e. The molecule has 6 heteroatoms. The van der Waals surface area contributed by atoms with E-state index >= 15 is 0 Å². The molecule has 23 heavy (non-hydrogen) atoms. The molecule has 0 fully saturated rings. The molecule has 1 aromatic heterocycles. The number of benzene rings is 1. The van der Waals surface area contributed by atoms with E-state index < -0.39 is 0 Å². The van der Waals surface area contributed by atoms with Gasteiger partial charge in [-0.3, -0.25) is 9.59 Å². The Balaban J connectivity index is 2.11. The molecule has 122 valence electrons. The molecule has 1 N–H and O–H groups in total. The smallest absolute Gasteiger partial charge is 0.254 e. The Morgan fingerprint density at radius 1 is 1.26 bits per heavy atom. The van der Waals surface area contributed by atoms with Gasteiger partial charge in [-0.1, -0.05) is 37.2 Å². The van der Waals surface area contributed by atoms with Crippen molar-refractivity contribution in [1.82, 2.24) is 10.1 Å². The Bertz CT molecular complexity index is 665. The third-order valence-corrected chi connectivity index (χ3v) is 3.29. The maximum absolute atomic E-state index is 12.8. The maximum atomic E-state index is 12.8. The average Bonchev–Trinajstić information content (AvgIpc) is 2.98. The molecule has 2 amide bonds. The number of hydrogen-bond acceptors (Lipinski definition) is 4. The fraction of sp³-hybridized carbons (Fsp3) is 0.353. The monoisotopic (exact) mass is 315 g/mol. The van der Waals surface area contributed by atoms with Gasteiger partial charge in [-0.2, -0.15) is 0 Å². The van der Waals surface area contributed by atoms with Crippen LogP contribution in [0.3, 0.4) is 0 Å². The highest BCUT2D eigenvalue weighted by Crippen LogP contribution is 2.12. The Kier molecular flexibility index (Phi) is 5.51. The first-order valence-electron chi connectivity index (χ1n) is 7.52. The molecule has 1 aromatic carbocycles. The molecule has 0 atom stereocenters. The summed E-state index contributed by atoms with van der Waals surface area (Å²) in [7, 11) is 0. The number of carbonyl (C=O) groups is 2. The summed E-state index contributed by atoms with van der Waals surface area (Å²) in [6.45, 7) is 6.37. The van der Waals surface area contributed by atoms with Crippen LogP contribution in [-0.2, 0) is 4.79 Å². The van der Waals surface area contributed by atoms with Gasteiger partial charge in [0.2, 0.25) is 5.91 Å². The fourth-order valence-corrected chi connectivity index (χ4v) is 2.28. The molecule has 0 saturated carbocycles. The summed E-state index contributed by atoms with van der Waals surface area (Å²) < 4.78 is 4.67. The molecule has 0 aliphatic carbocycles. The average molecular weight is 315 g/mol. The summed E-state index contributed by atoms with van der Waals surface area (Å²) >= 11 is 0. The van der Waals surface area contributed by atoms with Crippen molar-refractivity contribution in [3.63, 3.8) is 0 Å². The summed E-state index contributed by atoms with van der Waals surface area (Å²) in [4.78, 5) is 26.4. The van der Waals surface area contributed by atoms with Crippen LogP contribution in [0.15, 0.2) is 41.1 Å².